The van der Waals surface area contributed by atoms with Crippen molar-refractivity contribution in [1.82, 2.24) is 9.97 Å². The Kier molecular flexibility index (Phi) is 4.72. The summed E-state index contributed by atoms with van der Waals surface area (Å²) in [5.41, 5.74) is 8.87. The van der Waals surface area contributed by atoms with Crippen LogP contribution in [0.15, 0.2) is 61.9 Å². The van der Waals surface area contributed by atoms with Gasteiger partial charge in [0.15, 0.2) is 17.3 Å². The molecule has 10 heteroatoms. The Hall–Kier alpha value is -2.30. The smallest absolute Gasteiger partial charge is 0.347 e. The van der Waals surface area contributed by atoms with Crippen LogP contribution in [0.1, 0.15) is 5.69 Å². The minimum atomic E-state index is -3.93. The van der Waals surface area contributed by atoms with Crippen LogP contribution in [-0.4, -0.2) is 31.3 Å². The van der Waals surface area contributed by atoms with Crippen LogP contribution < -0.4 is 10.0 Å². The Morgan fingerprint density at radius 1 is 0.821 bits per heavy atom. The lowest BCUT2D eigenvalue weighted by atomic mass is 10.0. The predicted molar refractivity (Wildman–Crippen MR) is 116 cm³/mol. The second-order valence-electron chi connectivity index (χ2n) is 6.03. The second-order valence-corrected chi connectivity index (χ2v) is 9.49. The van der Waals surface area contributed by atoms with E-state index in [2.05, 4.69) is 46.2 Å². The van der Waals surface area contributed by atoms with E-state index in [-0.39, 0.29) is 17.3 Å². The van der Waals surface area contributed by atoms with Crippen molar-refractivity contribution in [3.63, 3.8) is 0 Å². The number of amidine groups is 1. The maximum absolute atomic E-state index is 12.2. The summed E-state index contributed by atoms with van der Waals surface area (Å²) in [6, 6.07) is 15.1. The molecular formula is C18H13Br2N5O2S. The minimum Gasteiger partial charge on any atom is -0.381 e. The molecule has 3 aromatic rings. The van der Waals surface area contributed by atoms with E-state index in [4.69, 9.17) is 5.73 Å². The van der Waals surface area contributed by atoms with Crippen molar-refractivity contribution in [2.45, 2.75) is 0 Å². The van der Waals surface area contributed by atoms with Crippen LogP contribution in [0.25, 0.3) is 22.5 Å². The summed E-state index contributed by atoms with van der Waals surface area (Å²) < 4.78 is 30.8. The van der Waals surface area contributed by atoms with Gasteiger partial charge in [-0.3, -0.25) is 0 Å². The van der Waals surface area contributed by atoms with Gasteiger partial charge < -0.3 is 5.73 Å². The van der Waals surface area contributed by atoms with Gasteiger partial charge in [-0.25, -0.2) is 14.3 Å². The highest BCUT2D eigenvalue weighted by molar-refractivity contribution is 9.10. The third kappa shape index (κ3) is 3.31. The Morgan fingerprint density at radius 3 is 1.79 bits per heavy atom. The number of nitrogens with zero attached hydrogens (tertiary/aromatic N) is 4. The average Bonchev–Trinajstić information content (AvgIpc) is 2.66. The summed E-state index contributed by atoms with van der Waals surface area (Å²) in [7, 11) is -2.55. The Morgan fingerprint density at radius 2 is 1.29 bits per heavy atom. The number of anilines is 1. The highest BCUT2D eigenvalue weighted by Crippen LogP contribution is 2.35. The lowest BCUT2D eigenvalue weighted by molar-refractivity contribution is 0.595. The van der Waals surface area contributed by atoms with Gasteiger partial charge in [-0.1, -0.05) is 56.1 Å². The van der Waals surface area contributed by atoms with Crippen molar-refractivity contribution in [2.75, 3.05) is 11.4 Å². The summed E-state index contributed by atoms with van der Waals surface area (Å²) in [6.45, 7) is 0. The summed E-state index contributed by atoms with van der Waals surface area (Å²) >= 11 is 6.85. The average molecular weight is 523 g/mol. The van der Waals surface area contributed by atoms with Gasteiger partial charge in [-0.15, -0.1) is 4.40 Å². The molecular weight excluding hydrogens is 510 g/mol. The van der Waals surface area contributed by atoms with Crippen LogP contribution in [0, 0.1) is 0 Å². The quantitative estimate of drug-likeness (QED) is 0.552. The maximum Gasteiger partial charge on any atom is 0.347 e. The number of aromatic nitrogens is 2. The van der Waals surface area contributed by atoms with Gasteiger partial charge in [0, 0.05) is 27.1 Å². The largest absolute Gasteiger partial charge is 0.381 e. The van der Waals surface area contributed by atoms with Crippen LogP contribution in [0.2, 0.25) is 0 Å². The number of hydrogen-bond donors (Lipinski definition) is 1. The van der Waals surface area contributed by atoms with Gasteiger partial charge in [0.1, 0.15) is 0 Å². The first kappa shape index (κ1) is 19.0. The van der Waals surface area contributed by atoms with Gasteiger partial charge in [-0.2, -0.15) is 8.42 Å². The van der Waals surface area contributed by atoms with E-state index in [1.54, 1.807) is 0 Å². The zero-order valence-electron chi connectivity index (χ0n) is 14.5. The lowest BCUT2D eigenvalue weighted by Gasteiger charge is -2.24. The maximum atomic E-state index is 12.2. The number of hydrogen-bond acceptors (Lipinski definition) is 5. The molecule has 7 nitrogen and oxygen atoms in total. The number of fused-ring (bicyclic) bond motifs is 1. The molecule has 0 atom stereocenters. The van der Waals surface area contributed by atoms with Crippen molar-refractivity contribution in [3.8, 4) is 22.5 Å². The molecule has 142 valence electrons. The van der Waals surface area contributed by atoms with Crippen LogP contribution in [-0.2, 0) is 10.2 Å². The van der Waals surface area contributed by atoms with Crippen molar-refractivity contribution in [1.29, 1.82) is 0 Å². The van der Waals surface area contributed by atoms with Crippen LogP contribution >= 0.6 is 31.9 Å². The first-order chi connectivity index (χ1) is 13.3. The van der Waals surface area contributed by atoms with Gasteiger partial charge >= 0.3 is 10.2 Å². The van der Waals surface area contributed by atoms with Gasteiger partial charge in [0.25, 0.3) is 0 Å². The van der Waals surface area contributed by atoms with Crippen LogP contribution in [0.4, 0.5) is 5.82 Å². The molecule has 4 rings (SSSR count). The molecule has 0 bridgehead atoms. The van der Waals surface area contributed by atoms with Gasteiger partial charge in [-0.05, 0) is 24.3 Å². The van der Waals surface area contributed by atoms with Crippen molar-refractivity contribution in [2.24, 2.45) is 10.1 Å². The highest BCUT2D eigenvalue weighted by Gasteiger charge is 2.32. The standard InChI is InChI=1S/C18H13Br2N5O2S/c1-25-18-16(17(21)24-28(25,26)27)22-14(10-2-6-12(19)7-3-10)15(23-18)11-4-8-13(20)9-5-11/h2-9H,1H3,(H2,21,24). The number of nitrogens with two attached hydrogens (primary N) is 1. The van der Waals surface area contributed by atoms with E-state index in [0.29, 0.717) is 11.4 Å². The van der Waals surface area contributed by atoms with Gasteiger partial charge in [0.2, 0.25) is 0 Å². The zero-order chi connectivity index (χ0) is 20.1. The molecule has 0 spiro atoms. The molecule has 0 fully saturated rings. The Bertz CT molecular complexity index is 1210. The lowest BCUT2D eigenvalue weighted by Crippen LogP contribution is -2.36. The zero-order valence-corrected chi connectivity index (χ0v) is 18.5. The second kappa shape index (κ2) is 6.94. The molecule has 0 saturated heterocycles. The molecule has 0 aliphatic carbocycles. The third-order valence-corrected chi connectivity index (χ3v) is 6.56. The number of halogens is 2. The molecule has 2 aromatic carbocycles. The molecule has 0 radical (unpaired) electrons. The first-order valence-electron chi connectivity index (χ1n) is 8.05. The van der Waals surface area contributed by atoms with E-state index in [1.807, 2.05) is 48.5 Å². The van der Waals surface area contributed by atoms with E-state index < -0.39 is 10.2 Å². The molecule has 2 N–H and O–H groups in total. The van der Waals surface area contributed by atoms with Gasteiger partial charge in [0.05, 0.1) is 11.4 Å². The summed E-state index contributed by atoms with van der Waals surface area (Å²) in [4.78, 5) is 9.29. The van der Waals surface area contributed by atoms with E-state index in [1.165, 1.54) is 7.05 Å². The third-order valence-electron chi connectivity index (χ3n) is 4.21. The first-order valence-corrected chi connectivity index (χ1v) is 11.0. The SMILES string of the molecule is CN1c2nc(-c3ccc(Br)cc3)c(-c3ccc(Br)cc3)nc2C(N)=NS1(=O)=O. The van der Waals surface area contributed by atoms with Crippen LogP contribution in [0.5, 0.6) is 0 Å². The molecule has 1 aliphatic heterocycles. The fraction of sp³-hybridized carbons (Fsp3) is 0.0556. The molecule has 1 aromatic heterocycles. The fourth-order valence-electron chi connectivity index (χ4n) is 2.77. The fourth-order valence-corrected chi connectivity index (χ4v) is 4.11. The van der Waals surface area contributed by atoms with E-state index in [9.17, 15) is 8.42 Å². The van der Waals surface area contributed by atoms with E-state index in [0.717, 1.165) is 24.4 Å². The molecule has 1 aliphatic rings. The monoisotopic (exact) mass is 521 g/mol. The topological polar surface area (TPSA) is 102 Å². The molecule has 0 unspecified atom stereocenters. The summed E-state index contributed by atoms with van der Waals surface area (Å²) in [6.07, 6.45) is 0. The normalized spacial score (nSPS) is 15.1. The Labute approximate surface area is 178 Å². The van der Waals surface area contributed by atoms with E-state index >= 15 is 0 Å². The minimum absolute atomic E-state index is 0.145. The summed E-state index contributed by atoms with van der Waals surface area (Å²) in [5, 5.41) is 0. The molecule has 0 amide bonds. The van der Waals surface area contributed by atoms with Crippen molar-refractivity contribution < 1.29 is 8.42 Å². The highest BCUT2D eigenvalue weighted by atomic mass is 79.9. The molecule has 2 heterocycles. The molecule has 28 heavy (non-hydrogen) atoms. The van der Waals surface area contributed by atoms with Crippen molar-refractivity contribution >= 4 is 53.7 Å². The van der Waals surface area contributed by atoms with Crippen molar-refractivity contribution in [3.05, 3.63) is 63.2 Å². The molecule has 0 saturated carbocycles. The Balaban J connectivity index is 2.03. The number of rotatable bonds is 2. The van der Waals surface area contributed by atoms with Crippen LogP contribution in [0.3, 0.4) is 0 Å². The number of benzene rings is 2. The predicted octanol–water partition coefficient (Wildman–Crippen LogP) is 3.74. The summed E-state index contributed by atoms with van der Waals surface area (Å²) in [5.74, 6) is -0.0346.